The summed E-state index contributed by atoms with van der Waals surface area (Å²) in [5.41, 5.74) is 2.17. The summed E-state index contributed by atoms with van der Waals surface area (Å²) in [6.07, 6.45) is 0. The minimum atomic E-state index is -0.224. The van der Waals surface area contributed by atoms with E-state index in [9.17, 15) is 4.79 Å². The summed E-state index contributed by atoms with van der Waals surface area (Å²) in [4.78, 5) is 17.0. The van der Waals surface area contributed by atoms with Gasteiger partial charge in [-0.25, -0.2) is 9.73 Å². The zero-order valence-corrected chi connectivity index (χ0v) is 21.1. The van der Waals surface area contributed by atoms with Crippen molar-refractivity contribution in [3.63, 3.8) is 0 Å². The van der Waals surface area contributed by atoms with E-state index in [0.29, 0.717) is 23.5 Å². The number of carbonyl (C=O) groups is 1. The van der Waals surface area contributed by atoms with Crippen molar-refractivity contribution in [2.45, 2.75) is 6.54 Å². The van der Waals surface area contributed by atoms with Crippen LogP contribution in [0.5, 0.6) is 17.2 Å². The molecule has 9 heteroatoms. The number of nitrogens with one attached hydrogen (secondary N) is 1. The molecule has 4 rings (SSSR count). The Morgan fingerprint density at radius 3 is 2.31 bits per heavy atom. The molecule has 4 aromatic rings. The number of rotatable bonds is 7. The predicted molar refractivity (Wildman–Crippen MR) is 133 cm³/mol. The van der Waals surface area contributed by atoms with Crippen LogP contribution in [0.4, 0.5) is 0 Å². The molecular weight excluding hydrogens is 557 g/mol. The topological polar surface area (TPSA) is 73.3 Å². The standard InChI is InChI=1S/C23H18Br2N3O3P/c1-30-20-18(24)11-15(12-19(20)25)21-27-23(32-28-21)22(29)26-13-14-7-9-17(10-8-14)31-16-5-3-2-4-6-16/h2-12,32H,13H2,1H3,(H,26,29). The summed E-state index contributed by atoms with van der Waals surface area (Å²) in [6, 6.07) is 20.9. The van der Waals surface area contributed by atoms with Gasteiger partial charge in [-0.1, -0.05) is 30.3 Å². The summed E-state index contributed by atoms with van der Waals surface area (Å²) in [7, 11) is 1.57. The fraction of sp³-hybridized carbons (Fsp3) is 0.0870. The van der Waals surface area contributed by atoms with Crippen molar-refractivity contribution in [2.75, 3.05) is 7.11 Å². The fourth-order valence-corrected chi connectivity index (χ4v) is 5.19. The van der Waals surface area contributed by atoms with Crippen LogP contribution in [0.15, 0.2) is 75.7 Å². The van der Waals surface area contributed by atoms with E-state index in [2.05, 4.69) is 46.9 Å². The highest BCUT2D eigenvalue weighted by Gasteiger charge is 2.15. The molecule has 0 bridgehead atoms. The number of aromatic nitrogens is 2. The molecule has 32 heavy (non-hydrogen) atoms. The van der Waals surface area contributed by atoms with Gasteiger partial charge in [0.05, 0.1) is 16.1 Å². The smallest absolute Gasteiger partial charge is 0.275 e. The number of para-hydroxylation sites is 1. The second kappa shape index (κ2) is 10.3. The Bertz CT molecular complexity index is 1210. The van der Waals surface area contributed by atoms with E-state index in [1.54, 1.807) is 7.11 Å². The van der Waals surface area contributed by atoms with Crippen LogP contribution in [0.25, 0.3) is 11.4 Å². The number of benzene rings is 3. The zero-order chi connectivity index (χ0) is 22.5. The zero-order valence-electron chi connectivity index (χ0n) is 16.9. The monoisotopic (exact) mass is 573 g/mol. The van der Waals surface area contributed by atoms with Crippen molar-refractivity contribution in [3.05, 3.63) is 86.7 Å². The van der Waals surface area contributed by atoms with Gasteiger partial charge in [-0.3, -0.25) is 4.79 Å². The van der Waals surface area contributed by atoms with Crippen molar-refractivity contribution >= 4 is 46.1 Å². The third-order valence-electron chi connectivity index (χ3n) is 4.52. The molecule has 1 N–H and O–H groups in total. The van der Waals surface area contributed by atoms with Gasteiger partial charge in [0.1, 0.15) is 17.2 Å². The van der Waals surface area contributed by atoms with Crippen molar-refractivity contribution in [1.29, 1.82) is 0 Å². The predicted octanol–water partition coefficient (Wildman–Crippen LogP) is 6.43. The van der Waals surface area contributed by atoms with Crippen molar-refractivity contribution in [3.8, 4) is 28.6 Å². The highest BCUT2D eigenvalue weighted by molar-refractivity contribution is 9.11. The van der Waals surface area contributed by atoms with Gasteiger partial charge in [0.15, 0.2) is 11.3 Å². The van der Waals surface area contributed by atoms with Crippen molar-refractivity contribution < 1.29 is 14.3 Å². The van der Waals surface area contributed by atoms with Gasteiger partial charge in [-0.15, -0.1) is 0 Å². The minimum Gasteiger partial charge on any atom is -0.494 e. The lowest BCUT2D eigenvalue weighted by atomic mass is 10.2. The summed E-state index contributed by atoms with van der Waals surface area (Å²) in [5.74, 6) is 2.51. The van der Waals surface area contributed by atoms with E-state index in [1.165, 1.54) is 0 Å². The molecule has 1 unspecified atom stereocenters. The summed E-state index contributed by atoms with van der Waals surface area (Å²) in [6.45, 7) is 0.392. The van der Waals surface area contributed by atoms with E-state index >= 15 is 0 Å². The van der Waals surface area contributed by atoms with Gasteiger partial charge in [0.2, 0.25) is 0 Å². The first-order chi connectivity index (χ1) is 15.5. The summed E-state index contributed by atoms with van der Waals surface area (Å²) < 4.78 is 17.1. The van der Waals surface area contributed by atoms with Gasteiger partial charge in [-0.05, 0) is 82.2 Å². The first-order valence-corrected chi connectivity index (χ1v) is 12.1. The Morgan fingerprint density at radius 1 is 1.00 bits per heavy atom. The number of hydrogen-bond donors (Lipinski definition) is 1. The second-order valence-corrected chi connectivity index (χ2v) is 9.35. The second-order valence-electron chi connectivity index (χ2n) is 6.72. The molecule has 1 amide bonds. The maximum absolute atomic E-state index is 12.6. The molecule has 1 aromatic heterocycles. The maximum Gasteiger partial charge on any atom is 0.275 e. The molecule has 0 aliphatic heterocycles. The van der Waals surface area contributed by atoms with E-state index in [1.807, 2.05) is 66.7 Å². The third kappa shape index (κ3) is 5.38. The summed E-state index contributed by atoms with van der Waals surface area (Å²) in [5, 5.41) is 2.91. The number of methoxy groups -OCH3 is 1. The Kier molecular flexibility index (Phi) is 7.25. The largest absolute Gasteiger partial charge is 0.494 e. The molecule has 0 radical (unpaired) electrons. The van der Waals surface area contributed by atoms with Crippen molar-refractivity contribution in [1.82, 2.24) is 15.0 Å². The van der Waals surface area contributed by atoms with Crippen LogP contribution in [0, 0.1) is 0 Å². The number of carbonyl (C=O) groups excluding carboxylic acids is 1. The normalized spacial score (nSPS) is 10.8. The van der Waals surface area contributed by atoms with Crippen LogP contribution in [0.2, 0.25) is 0 Å². The first kappa shape index (κ1) is 22.5. The molecule has 0 fully saturated rings. The lowest BCUT2D eigenvalue weighted by Crippen LogP contribution is -2.22. The Labute approximate surface area is 203 Å². The number of ether oxygens (including phenoxy) is 2. The molecule has 1 heterocycles. The van der Waals surface area contributed by atoms with Crippen LogP contribution in [0.3, 0.4) is 0 Å². The Morgan fingerprint density at radius 2 is 1.66 bits per heavy atom. The molecule has 0 spiro atoms. The van der Waals surface area contributed by atoms with Crippen LogP contribution in [-0.2, 0) is 6.54 Å². The maximum atomic E-state index is 12.6. The van der Waals surface area contributed by atoms with E-state index in [-0.39, 0.29) is 14.3 Å². The number of hydrogen-bond acceptors (Lipinski definition) is 5. The van der Waals surface area contributed by atoms with Crippen LogP contribution < -0.4 is 14.8 Å². The van der Waals surface area contributed by atoms with Gasteiger partial charge in [0.25, 0.3) is 5.91 Å². The van der Waals surface area contributed by atoms with Crippen LogP contribution >= 0.6 is 40.2 Å². The molecule has 0 aliphatic rings. The molecule has 162 valence electrons. The highest BCUT2D eigenvalue weighted by Crippen LogP contribution is 2.37. The van der Waals surface area contributed by atoms with Crippen molar-refractivity contribution in [2.24, 2.45) is 0 Å². The molecule has 6 nitrogen and oxygen atoms in total. The molecule has 3 aromatic carbocycles. The van der Waals surface area contributed by atoms with E-state index < -0.39 is 0 Å². The Hall–Kier alpha value is -2.67. The number of amides is 1. The lowest BCUT2D eigenvalue weighted by molar-refractivity contribution is 0.0950. The van der Waals surface area contributed by atoms with Crippen LogP contribution in [0.1, 0.15) is 15.8 Å². The van der Waals surface area contributed by atoms with Crippen LogP contribution in [-0.4, -0.2) is 22.7 Å². The molecule has 0 aliphatic carbocycles. The van der Waals surface area contributed by atoms with Gasteiger partial charge in [0, 0.05) is 12.1 Å². The Balaban J connectivity index is 1.37. The third-order valence-corrected chi connectivity index (χ3v) is 6.57. The average molecular weight is 575 g/mol. The molecule has 0 saturated carbocycles. The average Bonchev–Trinajstić information content (AvgIpc) is 3.29. The fourth-order valence-electron chi connectivity index (χ4n) is 2.94. The van der Waals surface area contributed by atoms with E-state index in [4.69, 9.17) is 9.47 Å². The van der Waals surface area contributed by atoms with Gasteiger partial charge < -0.3 is 14.8 Å². The summed E-state index contributed by atoms with van der Waals surface area (Å²) >= 11 is 6.96. The quantitative estimate of drug-likeness (QED) is 0.275. The van der Waals surface area contributed by atoms with E-state index in [0.717, 1.165) is 31.6 Å². The molecule has 1 atom stereocenters. The molecular formula is C23H18Br2N3O3P. The van der Waals surface area contributed by atoms with Gasteiger partial charge >= 0.3 is 0 Å². The molecule has 0 saturated heterocycles. The number of nitrogens with zero attached hydrogens (tertiary/aromatic N) is 2. The SMILES string of the molecule is COc1c(Br)cc(-c2n[pH]c(C(=O)NCc3ccc(Oc4ccccc4)cc3)n2)cc1Br. The minimum absolute atomic E-state index is 0.0295. The lowest BCUT2D eigenvalue weighted by Gasteiger charge is -2.08. The highest BCUT2D eigenvalue weighted by atomic mass is 79.9. The number of halogens is 2. The first-order valence-electron chi connectivity index (χ1n) is 9.59. The van der Waals surface area contributed by atoms with Gasteiger partial charge in [-0.2, -0.15) is 0 Å².